The van der Waals surface area contributed by atoms with Gasteiger partial charge in [0, 0.05) is 17.8 Å². The average molecular weight is 332 g/mol. The summed E-state index contributed by atoms with van der Waals surface area (Å²) >= 11 is 0. The first kappa shape index (κ1) is 14.9. The zero-order valence-electron chi connectivity index (χ0n) is 13.5. The van der Waals surface area contributed by atoms with Gasteiger partial charge in [-0.15, -0.1) is 0 Å². The lowest BCUT2D eigenvalue weighted by Crippen LogP contribution is -1.88. The molecule has 3 aromatic heterocycles. The predicted octanol–water partition coefficient (Wildman–Crippen LogP) is 3.11. The van der Waals surface area contributed by atoms with Crippen LogP contribution in [0.25, 0.3) is 34.7 Å². The molecule has 3 heterocycles. The van der Waals surface area contributed by atoms with Gasteiger partial charge in [-0.2, -0.15) is 5.10 Å². The van der Waals surface area contributed by atoms with Crippen molar-refractivity contribution in [3.63, 3.8) is 0 Å². The highest BCUT2D eigenvalue weighted by Gasteiger charge is 2.11. The third-order valence-electron chi connectivity index (χ3n) is 3.86. The Morgan fingerprint density at radius 2 is 2.04 bits per heavy atom. The minimum atomic E-state index is 0.499. The van der Waals surface area contributed by atoms with Crippen molar-refractivity contribution in [2.75, 3.05) is 12.8 Å². The number of hydrogen-bond acceptors (Lipinski definition) is 5. The number of pyridine rings is 1. The second kappa shape index (κ2) is 6.12. The van der Waals surface area contributed by atoms with Gasteiger partial charge >= 0.3 is 0 Å². The summed E-state index contributed by atoms with van der Waals surface area (Å²) < 4.78 is 5.25. The van der Waals surface area contributed by atoms with Crippen LogP contribution in [0.3, 0.4) is 0 Å². The van der Waals surface area contributed by atoms with Crippen molar-refractivity contribution in [3.05, 3.63) is 53.9 Å². The minimum Gasteiger partial charge on any atom is -0.497 e. The molecule has 0 aliphatic rings. The summed E-state index contributed by atoms with van der Waals surface area (Å²) in [6, 6.07) is 9.39. The first-order chi connectivity index (χ1) is 12.2. The zero-order valence-corrected chi connectivity index (χ0v) is 13.5. The number of H-pyrrole nitrogens is 2. The van der Waals surface area contributed by atoms with E-state index in [9.17, 15) is 0 Å². The van der Waals surface area contributed by atoms with Crippen LogP contribution < -0.4 is 10.5 Å². The van der Waals surface area contributed by atoms with Crippen molar-refractivity contribution in [1.29, 1.82) is 0 Å². The molecule has 0 bridgehead atoms. The van der Waals surface area contributed by atoms with E-state index in [2.05, 4.69) is 25.1 Å². The molecule has 0 radical (unpaired) electrons. The standard InChI is InChI=1S/C18H16N6O/c1-25-13-5-6-14-15(8-13)23-18(22-14)17-12(10-21-24-17)4-2-11-3-7-16(19)20-9-11/h2-10H,1H3,(H2,19,20)(H,21,24)(H,22,23)/b4-2+. The Bertz CT molecular complexity index is 1050. The molecule has 1 aromatic carbocycles. The molecule has 0 amide bonds. The molecule has 4 rings (SSSR count). The fourth-order valence-corrected chi connectivity index (χ4v) is 2.55. The Labute approximate surface area is 143 Å². The SMILES string of the molecule is COc1ccc2nc(-c3[nH]ncc3/C=C/c3ccc(N)nc3)[nH]c2c1. The van der Waals surface area contributed by atoms with Gasteiger partial charge in [0.05, 0.1) is 24.3 Å². The number of imidazole rings is 1. The van der Waals surface area contributed by atoms with Crippen molar-refractivity contribution in [3.8, 4) is 17.3 Å². The monoisotopic (exact) mass is 332 g/mol. The predicted molar refractivity (Wildman–Crippen MR) is 97.8 cm³/mol. The third-order valence-corrected chi connectivity index (χ3v) is 3.86. The maximum atomic E-state index is 5.60. The Balaban J connectivity index is 1.68. The van der Waals surface area contributed by atoms with Crippen LogP contribution in [0.2, 0.25) is 0 Å². The van der Waals surface area contributed by atoms with Crippen LogP contribution in [0.5, 0.6) is 5.75 Å². The van der Waals surface area contributed by atoms with E-state index >= 15 is 0 Å². The third kappa shape index (κ3) is 2.94. The number of aromatic amines is 2. The highest BCUT2D eigenvalue weighted by Crippen LogP contribution is 2.25. The number of nitrogens with two attached hydrogens (primary N) is 1. The first-order valence-electron chi connectivity index (χ1n) is 7.70. The van der Waals surface area contributed by atoms with Gasteiger partial charge in [-0.25, -0.2) is 9.97 Å². The highest BCUT2D eigenvalue weighted by molar-refractivity contribution is 5.83. The van der Waals surface area contributed by atoms with Gasteiger partial charge in [-0.3, -0.25) is 5.10 Å². The number of nitrogen functional groups attached to an aromatic ring is 1. The van der Waals surface area contributed by atoms with E-state index in [0.29, 0.717) is 5.82 Å². The molecular weight excluding hydrogens is 316 g/mol. The number of rotatable bonds is 4. The Morgan fingerprint density at radius 1 is 1.12 bits per heavy atom. The number of methoxy groups -OCH3 is 1. The van der Waals surface area contributed by atoms with Gasteiger partial charge in [0.2, 0.25) is 0 Å². The number of ether oxygens (including phenoxy) is 1. The smallest absolute Gasteiger partial charge is 0.157 e. The van der Waals surface area contributed by atoms with Crippen LogP contribution in [0.4, 0.5) is 5.82 Å². The molecular formula is C18H16N6O. The molecule has 0 saturated carbocycles. The summed E-state index contributed by atoms with van der Waals surface area (Å²) in [6.07, 6.45) is 7.38. The van der Waals surface area contributed by atoms with E-state index in [1.54, 1.807) is 25.6 Å². The molecule has 0 saturated heterocycles. The Kier molecular flexibility index (Phi) is 3.66. The lowest BCUT2D eigenvalue weighted by molar-refractivity contribution is 0.415. The van der Waals surface area contributed by atoms with Crippen LogP contribution in [-0.2, 0) is 0 Å². The molecule has 0 atom stereocenters. The first-order valence-corrected chi connectivity index (χ1v) is 7.70. The van der Waals surface area contributed by atoms with Gasteiger partial charge in [0.15, 0.2) is 5.82 Å². The summed E-state index contributed by atoms with van der Waals surface area (Å²) in [4.78, 5) is 12.0. The largest absolute Gasteiger partial charge is 0.497 e. The Morgan fingerprint density at radius 3 is 2.84 bits per heavy atom. The maximum absolute atomic E-state index is 5.60. The van der Waals surface area contributed by atoms with Gasteiger partial charge in [-0.1, -0.05) is 12.2 Å². The molecule has 0 unspecified atom stereocenters. The van der Waals surface area contributed by atoms with E-state index < -0.39 is 0 Å². The molecule has 0 aliphatic heterocycles. The second-order valence-corrected chi connectivity index (χ2v) is 5.52. The van der Waals surface area contributed by atoms with Crippen LogP contribution in [0.15, 0.2) is 42.7 Å². The zero-order chi connectivity index (χ0) is 17.2. The topological polar surface area (TPSA) is 106 Å². The molecule has 25 heavy (non-hydrogen) atoms. The number of anilines is 1. The molecule has 124 valence electrons. The number of fused-ring (bicyclic) bond motifs is 1. The van der Waals surface area contributed by atoms with Gasteiger partial charge in [0.25, 0.3) is 0 Å². The fourth-order valence-electron chi connectivity index (χ4n) is 2.55. The van der Waals surface area contributed by atoms with Crippen LogP contribution in [0, 0.1) is 0 Å². The Hall–Kier alpha value is -3.61. The van der Waals surface area contributed by atoms with Crippen LogP contribution in [-0.4, -0.2) is 32.3 Å². The van der Waals surface area contributed by atoms with Crippen molar-refractivity contribution in [1.82, 2.24) is 25.1 Å². The fraction of sp³-hybridized carbons (Fsp3) is 0.0556. The molecule has 0 aliphatic carbocycles. The molecule has 4 aromatic rings. The number of benzene rings is 1. The lowest BCUT2D eigenvalue weighted by atomic mass is 10.2. The summed E-state index contributed by atoms with van der Waals surface area (Å²) in [5.74, 6) is 2.00. The van der Waals surface area contributed by atoms with Crippen LogP contribution >= 0.6 is 0 Å². The summed E-state index contributed by atoms with van der Waals surface area (Å²) in [6.45, 7) is 0. The maximum Gasteiger partial charge on any atom is 0.157 e. The number of aromatic nitrogens is 5. The number of nitrogens with zero attached hydrogens (tertiary/aromatic N) is 3. The summed E-state index contributed by atoms with van der Waals surface area (Å²) in [7, 11) is 1.64. The normalized spacial score (nSPS) is 11.4. The van der Waals surface area contributed by atoms with Gasteiger partial charge < -0.3 is 15.5 Å². The molecule has 7 nitrogen and oxygen atoms in total. The average Bonchev–Trinajstić information content (AvgIpc) is 3.26. The van der Waals surface area contributed by atoms with E-state index in [4.69, 9.17) is 10.5 Å². The van der Waals surface area contributed by atoms with E-state index in [1.807, 2.05) is 36.4 Å². The van der Waals surface area contributed by atoms with Gasteiger partial charge in [-0.05, 0) is 29.8 Å². The van der Waals surface area contributed by atoms with Crippen molar-refractivity contribution >= 4 is 29.0 Å². The van der Waals surface area contributed by atoms with Crippen molar-refractivity contribution in [2.24, 2.45) is 0 Å². The highest BCUT2D eigenvalue weighted by atomic mass is 16.5. The molecule has 7 heteroatoms. The molecule has 0 fully saturated rings. The van der Waals surface area contributed by atoms with Crippen molar-refractivity contribution < 1.29 is 4.74 Å². The van der Waals surface area contributed by atoms with E-state index in [-0.39, 0.29) is 0 Å². The molecule has 0 spiro atoms. The van der Waals surface area contributed by atoms with Crippen molar-refractivity contribution in [2.45, 2.75) is 0 Å². The quantitative estimate of drug-likeness (QED) is 0.532. The lowest BCUT2D eigenvalue weighted by Gasteiger charge is -1.97. The van der Waals surface area contributed by atoms with Crippen LogP contribution in [0.1, 0.15) is 11.1 Å². The van der Waals surface area contributed by atoms with E-state index in [0.717, 1.165) is 39.4 Å². The van der Waals surface area contributed by atoms with E-state index in [1.165, 1.54) is 0 Å². The summed E-state index contributed by atoms with van der Waals surface area (Å²) in [5, 5.41) is 7.13. The molecule has 4 N–H and O–H groups in total. The summed E-state index contributed by atoms with van der Waals surface area (Å²) in [5.41, 5.74) is 10.1. The van der Waals surface area contributed by atoms with Gasteiger partial charge in [0.1, 0.15) is 17.3 Å². The number of hydrogen-bond donors (Lipinski definition) is 3. The minimum absolute atomic E-state index is 0.499. The number of nitrogens with one attached hydrogen (secondary N) is 2. The second-order valence-electron chi connectivity index (χ2n) is 5.52.